The lowest BCUT2D eigenvalue weighted by molar-refractivity contribution is 0.331. The van der Waals surface area contributed by atoms with Crippen molar-refractivity contribution in [3.63, 3.8) is 0 Å². The highest BCUT2D eigenvalue weighted by Gasteiger charge is 2.23. The summed E-state index contributed by atoms with van der Waals surface area (Å²) in [7, 11) is 0. The summed E-state index contributed by atoms with van der Waals surface area (Å²) in [6.45, 7) is 5.66. The van der Waals surface area contributed by atoms with Crippen molar-refractivity contribution in [1.82, 2.24) is 14.9 Å². The fourth-order valence-electron chi connectivity index (χ4n) is 4.38. The number of hydrogen-bond donors (Lipinski definition) is 1. The Kier molecular flexibility index (Phi) is 6.77. The van der Waals surface area contributed by atoms with Crippen LogP contribution in [-0.4, -0.2) is 53.6 Å². The fourth-order valence-corrected chi connectivity index (χ4v) is 4.38. The molecule has 1 unspecified atom stereocenters. The second kappa shape index (κ2) is 9.87. The summed E-state index contributed by atoms with van der Waals surface area (Å²) in [6.07, 6.45) is 10.7. The maximum atomic E-state index is 4.81. The number of nitrogens with zero attached hydrogens (tertiary/aromatic N) is 4. The molecule has 0 bridgehead atoms. The Morgan fingerprint density at radius 2 is 1.79 bits per heavy atom. The smallest absolute Gasteiger partial charge is 0.224 e. The van der Waals surface area contributed by atoms with E-state index in [1.807, 2.05) is 6.20 Å². The molecule has 4 rings (SSSR count). The number of aromatic nitrogens is 2. The van der Waals surface area contributed by atoms with Crippen LogP contribution in [0.5, 0.6) is 0 Å². The normalized spacial score (nSPS) is 20.9. The zero-order valence-corrected chi connectivity index (χ0v) is 16.9. The van der Waals surface area contributed by atoms with E-state index in [1.165, 1.54) is 50.6 Å². The van der Waals surface area contributed by atoms with Crippen molar-refractivity contribution in [2.24, 2.45) is 0 Å². The fraction of sp³-hybridized carbons (Fsp3) is 0.565. The van der Waals surface area contributed by atoms with Gasteiger partial charge in [0.2, 0.25) is 5.95 Å². The minimum Gasteiger partial charge on any atom is -0.356 e. The van der Waals surface area contributed by atoms with Gasteiger partial charge in [0.15, 0.2) is 0 Å². The summed E-state index contributed by atoms with van der Waals surface area (Å²) < 4.78 is 0. The first-order chi connectivity index (χ1) is 13.9. The van der Waals surface area contributed by atoms with E-state index in [-0.39, 0.29) is 0 Å². The molecule has 5 nitrogen and oxygen atoms in total. The number of nitrogens with one attached hydrogen (secondary N) is 1. The van der Waals surface area contributed by atoms with Crippen LogP contribution >= 0.6 is 0 Å². The predicted octanol–water partition coefficient (Wildman–Crippen LogP) is 3.98. The van der Waals surface area contributed by atoms with Crippen molar-refractivity contribution in [2.75, 3.05) is 42.9 Å². The largest absolute Gasteiger partial charge is 0.356 e. The van der Waals surface area contributed by atoms with Crippen LogP contribution in [0.3, 0.4) is 0 Å². The van der Waals surface area contributed by atoms with Gasteiger partial charge < -0.3 is 15.1 Å². The molecule has 3 heterocycles. The first-order valence-corrected chi connectivity index (χ1v) is 11.0. The number of aryl methyl sites for hydroxylation is 1. The summed E-state index contributed by atoms with van der Waals surface area (Å²) in [6, 6.07) is 13.3. The molecule has 0 saturated carbocycles. The van der Waals surface area contributed by atoms with E-state index in [0.717, 1.165) is 44.4 Å². The number of rotatable bonds is 7. The maximum Gasteiger partial charge on any atom is 0.224 e. The second-order valence-corrected chi connectivity index (χ2v) is 8.16. The molecule has 1 aromatic carbocycles. The van der Waals surface area contributed by atoms with Crippen LogP contribution in [0.2, 0.25) is 0 Å². The highest BCUT2D eigenvalue weighted by Crippen LogP contribution is 2.19. The molecule has 0 amide bonds. The third-order valence-corrected chi connectivity index (χ3v) is 5.96. The molecule has 1 aromatic heterocycles. The Balaban J connectivity index is 1.24. The minimum absolute atomic E-state index is 0.455. The third kappa shape index (κ3) is 5.44. The topological polar surface area (TPSA) is 44.3 Å². The Bertz CT molecular complexity index is 712. The molecule has 2 fully saturated rings. The highest BCUT2D eigenvalue weighted by molar-refractivity contribution is 5.43. The van der Waals surface area contributed by atoms with Gasteiger partial charge in [0.25, 0.3) is 0 Å². The van der Waals surface area contributed by atoms with E-state index in [2.05, 4.69) is 56.5 Å². The van der Waals surface area contributed by atoms with Gasteiger partial charge in [0, 0.05) is 38.4 Å². The number of anilines is 2. The van der Waals surface area contributed by atoms with Crippen molar-refractivity contribution in [2.45, 2.75) is 51.0 Å². The molecule has 150 valence electrons. The van der Waals surface area contributed by atoms with Crippen LogP contribution in [0.4, 0.5) is 11.8 Å². The lowest BCUT2D eigenvalue weighted by Gasteiger charge is -2.22. The third-order valence-electron chi connectivity index (χ3n) is 5.96. The summed E-state index contributed by atoms with van der Waals surface area (Å²) in [5, 5.41) is 3.58. The number of benzene rings is 1. The molecule has 2 aliphatic heterocycles. The van der Waals surface area contributed by atoms with E-state index in [1.54, 1.807) is 0 Å². The van der Waals surface area contributed by atoms with Crippen molar-refractivity contribution in [1.29, 1.82) is 0 Å². The molecule has 28 heavy (non-hydrogen) atoms. The average molecular weight is 380 g/mol. The molecule has 2 aromatic rings. The standard InChI is InChI=1S/C23H33N5/c1-2-7-17-28(16-6-1)22-12-14-24-23(26-22)25-21-13-18-27(19-21)15-8-11-20-9-4-3-5-10-20/h3-5,9-10,12,14,21H,1-2,6-8,11,13,15-19H2,(H,24,25,26). The van der Waals surface area contributed by atoms with Gasteiger partial charge in [-0.05, 0) is 50.3 Å². The zero-order chi connectivity index (χ0) is 19.0. The molecule has 2 aliphatic rings. The quantitative estimate of drug-likeness (QED) is 0.788. The first kappa shape index (κ1) is 19.2. The minimum atomic E-state index is 0.455. The zero-order valence-electron chi connectivity index (χ0n) is 16.9. The number of hydrogen-bond acceptors (Lipinski definition) is 5. The van der Waals surface area contributed by atoms with Crippen LogP contribution in [0, 0.1) is 0 Å². The molecule has 1 atom stereocenters. The van der Waals surface area contributed by atoms with Crippen LogP contribution in [0.25, 0.3) is 0 Å². The number of likely N-dealkylation sites (tertiary alicyclic amines) is 1. The van der Waals surface area contributed by atoms with E-state index < -0.39 is 0 Å². The van der Waals surface area contributed by atoms with Crippen LogP contribution in [-0.2, 0) is 6.42 Å². The lowest BCUT2D eigenvalue weighted by Crippen LogP contribution is -2.29. The van der Waals surface area contributed by atoms with Gasteiger partial charge >= 0.3 is 0 Å². The molecule has 0 spiro atoms. The Morgan fingerprint density at radius 1 is 0.964 bits per heavy atom. The molecule has 1 N–H and O–H groups in total. The monoisotopic (exact) mass is 379 g/mol. The molecule has 5 heteroatoms. The summed E-state index contributed by atoms with van der Waals surface area (Å²) in [4.78, 5) is 14.3. The molecule has 0 radical (unpaired) electrons. The van der Waals surface area contributed by atoms with Gasteiger partial charge in [-0.1, -0.05) is 43.2 Å². The van der Waals surface area contributed by atoms with Crippen molar-refractivity contribution in [3.8, 4) is 0 Å². The van der Waals surface area contributed by atoms with Crippen molar-refractivity contribution in [3.05, 3.63) is 48.2 Å². The van der Waals surface area contributed by atoms with E-state index >= 15 is 0 Å². The second-order valence-electron chi connectivity index (χ2n) is 8.16. The van der Waals surface area contributed by atoms with Crippen LogP contribution < -0.4 is 10.2 Å². The van der Waals surface area contributed by atoms with Crippen LogP contribution in [0.15, 0.2) is 42.6 Å². The predicted molar refractivity (Wildman–Crippen MR) is 116 cm³/mol. The summed E-state index contributed by atoms with van der Waals surface area (Å²) >= 11 is 0. The van der Waals surface area contributed by atoms with Gasteiger partial charge in [-0.25, -0.2) is 4.98 Å². The summed E-state index contributed by atoms with van der Waals surface area (Å²) in [5.74, 6) is 1.87. The average Bonchev–Trinajstić information content (AvgIpc) is 3.00. The van der Waals surface area contributed by atoms with Gasteiger partial charge in [-0.15, -0.1) is 0 Å². The van der Waals surface area contributed by atoms with Crippen molar-refractivity contribution >= 4 is 11.8 Å². The van der Waals surface area contributed by atoms with Gasteiger partial charge in [0.1, 0.15) is 5.82 Å². The summed E-state index contributed by atoms with van der Waals surface area (Å²) in [5.41, 5.74) is 1.44. The highest BCUT2D eigenvalue weighted by atomic mass is 15.3. The molecule has 2 saturated heterocycles. The molecule has 0 aliphatic carbocycles. The molecular weight excluding hydrogens is 346 g/mol. The van der Waals surface area contributed by atoms with Gasteiger partial charge in [0.05, 0.1) is 0 Å². The lowest BCUT2D eigenvalue weighted by atomic mass is 10.1. The Labute approximate surface area is 169 Å². The van der Waals surface area contributed by atoms with Gasteiger partial charge in [-0.3, -0.25) is 0 Å². The van der Waals surface area contributed by atoms with E-state index in [9.17, 15) is 0 Å². The Hall–Kier alpha value is -2.14. The van der Waals surface area contributed by atoms with Gasteiger partial charge in [-0.2, -0.15) is 4.98 Å². The van der Waals surface area contributed by atoms with E-state index in [0.29, 0.717) is 6.04 Å². The van der Waals surface area contributed by atoms with Crippen LogP contribution in [0.1, 0.15) is 44.1 Å². The van der Waals surface area contributed by atoms with E-state index in [4.69, 9.17) is 4.98 Å². The first-order valence-electron chi connectivity index (χ1n) is 11.0. The maximum absolute atomic E-state index is 4.81. The SMILES string of the molecule is c1ccc(CCCN2CCC(Nc3nccc(N4CCCCCC4)n3)C2)cc1. The molecular formula is C23H33N5. The van der Waals surface area contributed by atoms with Crippen molar-refractivity contribution < 1.29 is 0 Å². The Morgan fingerprint density at radius 3 is 2.61 bits per heavy atom.